The minimum absolute atomic E-state index is 0.155. The highest BCUT2D eigenvalue weighted by Gasteiger charge is 2.31. The summed E-state index contributed by atoms with van der Waals surface area (Å²) in [5.74, 6) is 0.681. The molecule has 2 heteroatoms. The van der Waals surface area contributed by atoms with E-state index in [-0.39, 0.29) is 6.61 Å². The highest BCUT2D eigenvalue weighted by molar-refractivity contribution is 5.16. The van der Waals surface area contributed by atoms with Crippen molar-refractivity contribution < 1.29 is 9.84 Å². The van der Waals surface area contributed by atoms with Crippen LogP contribution in [0.5, 0.6) is 0 Å². The molecule has 13 heavy (non-hydrogen) atoms. The molecule has 0 aromatic heterocycles. The van der Waals surface area contributed by atoms with Gasteiger partial charge in [0.25, 0.3) is 0 Å². The Balaban J connectivity index is 1.93. The SMILES string of the molecule is OCCO[C@H]1CCC=C2CCCC21. The van der Waals surface area contributed by atoms with Crippen molar-refractivity contribution in [2.75, 3.05) is 13.2 Å². The van der Waals surface area contributed by atoms with Crippen molar-refractivity contribution in [2.24, 2.45) is 5.92 Å². The van der Waals surface area contributed by atoms with E-state index >= 15 is 0 Å². The fourth-order valence-corrected chi connectivity index (χ4v) is 2.61. The smallest absolute Gasteiger partial charge is 0.0701 e. The largest absolute Gasteiger partial charge is 0.394 e. The molecule has 0 heterocycles. The third-order valence-electron chi connectivity index (χ3n) is 3.19. The summed E-state index contributed by atoms with van der Waals surface area (Å²) in [7, 11) is 0. The van der Waals surface area contributed by atoms with E-state index in [9.17, 15) is 0 Å². The van der Waals surface area contributed by atoms with Gasteiger partial charge in [-0.05, 0) is 32.1 Å². The molecule has 2 nitrogen and oxygen atoms in total. The third-order valence-corrected chi connectivity index (χ3v) is 3.19. The first-order valence-corrected chi connectivity index (χ1v) is 5.33. The molecule has 2 atom stereocenters. The lowest BCUT2D eigenvalue weighted by atomic mass is 9.87. The monoisotopic (exact) mass is 182 g/mol. The van der Waals surface area contributed by atoms with E-state index in [0.717, 1.165) is 6.42 Å². The van der Waals surface area contributed by atoms with Crippen LogP contribution >= 0.6 is 0 Å². The number of allylic oxidation sites excluding steroid dienone is 1. The Morgan fingerprint density at radius 3 is 3.23 bits per heavy atom. The Morgan fingerprint density at radius 1 is 1.46 bits per heavy atom. The van der Waals surface area contributed by atoms with Gasteiger partial charge in [-0.3, -0.25) is 0 Å². The molecule has 0 saturated heterocycles. The van der Waals surface area contributed by atoms with Gasteiger partial charge in [0.15, 0.2) is 0 Å². The standard InChI is InChI=1S/C11H18O2/c12-7-8-13-11-6-2-4-9-3-1-5-10(9)11/h4,10-12H,1-3,5-8H2/t10?,11-/m0/s1. The molecule has 0 bridgehead atoms. The van der Waals surface area contributed by atoms with Gasteiger partial charge in [-0.15, -0.1) is 0 Å². The van der Waals surface area contributed by atoms with Crippen LogP contribution in [0.25, 0.3) is 0 Å². The van der Waals surface area contributed by atoms with Crippen molar-refractivity contribution in [2.45, 2.75) is 38.2 Å². The molecule has 0 aliphatic heterocycles. The molecular formula is C11H18O2. The fourth-order valence-electron chi connectivity index (χ4n) is 2.61. The molecule has 2 aliphatic carbocycles. The van der Waals surface area contributed by atoms with E-state index in [4.69, 9.17) is 9.84 Å². The minimum Gasteiger partial charge on any atom is -0.394 e. The molecule has 74 valence electrons. The Hall–Kier alpha value is -0.340. The average Bonchev–Trinajstić information content (AvgIpc) is 2.62. The van der Waals surface area contributed by atoms with Crippen LogP contribution in [0.15, 0.2) is 11.6 Å². The Morgan fingerprint density at radius 2 is 2.38 bits per heavy atom. The number of rotatable bonds is 3. The highest BCUT2D eigenvalue weighted by Crippen LogP contribution is 2.39. The molecule has 2 aliphatic rings. The van der Waals surface area contributed by atoms with Crippen molar-refractivity contribution in [3.05, 3.63) is 11.6 Å². The predicted octanol–water partition coefficient (Wildman–Crippen LogP) is 1.88. The van der Waals surface area contributed by atoms with Gasteiger partial charge in [-0.25, -0.2) is 0 Å². The molecule has 1 N–H and O–H groups in total. The predicted molar refractivity (Wildman–Crippen MR) is 51.5 cm³/mol. The van der Waals surface area contributed by atoms with Gasteiger partial charge in [0.1, 0.15) is 0 Å². The quantitative estimate of drug-likeness (QED) is 0.675. The lowest BCUT2D eigenvalue weighted by Gasteiger charge is -2.28. The van der Waals surface area contributed by atoms with Gasteiger partial charge in [0.2, 0.25) is 0 Å². The van der Waals surface area contributed by atoms with Crippen LogP contribution in [0.2, 0.25) is 0 Å². The molecule has 0 radical (unpaired) electrons. The topological polar surface area (TPSA) is 29.5 Å². The summed E-state index contributed by atoms with van der Waals surface area (Å²) in [6.45, 7) is 0.663. The van der Waals surface area contributed by atoms with E-state index in [0.29, 0.717) is 18.6 Å². The van der Waals surface area contributed by atoms with Crippen molar-refractivity contribution in [1.82, 2.24) is 0 Å². The van der Waals surface area contributed by atoms with Gasteiger partial charge in [0, 0.05) is 5.92 Å². The molecule has 0 spiro atoms. The average molecular weight is 182 g/mol. The zero-order chi connectivity index (χ0) is 9.10. The van der Waals surface area contributed by atoms with Crippen molar-refractivity contribution in [3.63, 3.8) is 0 Å². The van der Waals surface area contributed by atoms with Crippen LogP contribution in [-0.4, -0.2) is 24.4 Å². The maximum atomic E-state index is 8.70. The second-order valence-electron chi connectivity index (χ2n) is 3.99. The summed E-state index contributed by atoms with van der Waals surface area (Å²) < 4.78 is 5.66. The first kappa shape index (κ1) is 9.22. The third kappa shape index (κ3) is 1.94. The number of fused-ring (bicyclic) bond motifs is 1. The summed E-state index contributed by atoms with van der Waals surface area (Å²) in [6, 6.07) is 0. The molecule has 1 fully saturated rings. The Labute approximate surface area is 79.6 Å². The van der Waals surface area contributed by atoms with Crippen LogP contribution in [0, 0.1) is 5.92 Å². The number of ether oxygens (including phenoxy) is 1. The minimum atomic E-state index is 0.155. The molecule has 0 aromatic carbocycles. The second kappa shape index (κ2) is 4.25. The lowest BCUT2D eigenvalue weighted by Crippen LogP contribution is -2.26. The van der Waals surface area contributed by atoms with E-state index in [2.05, 4.69) is 6.08 Å². The van der Waals surface area contributed by atoms with Gasteiger partial charge < -0.3 is 9.84 Å². The van der Waals surface area contributed by atoms with Crippen molar-refractivity contribution in [3.8, 4) is 0 Å². The number of hydrogen-bond donors (Lipinski definition) is 1. The van der Waals surface area contributed by atoms with Gasteiger partial charge in [-0.2, -0.15) is 0 Å². The molecular weight excluding hydrogens is 164 g/mol. The first-order valence-electron chi connectivity index (χ1n) is 5.33. The zero-order valence-corrected chi connectivity index (χ0v) is 8.04. The summed E-state index contributed by atoms with van der Waals surface area (Å²) >= 11 is 0. The normalized spacial score (nSPS) is 32.8. The van der Waals surface area contributed by atoms with Crippen molar-refractivity contribution in [1.29, 1.82) is 0 Å². The maximum absolute atomic E-state index is 8.70. The summed E-state index contributed by atoms with van der Waals surface area (Å²) in [6.07, 6.45) is 9.02. The first-order chi connectivity index (χ1) is 6.42. The van der Waals surface area contributed by atoms with Crippen LogP contribution < -0.4 is 0 Å². The fraction of sp³-hybridized carbons (Fsp3) is 0.818. The lowest BCUT2D eigenvalue weighted by molar-refractivity contribution is -0.00263. The second-order valence-corrected chi connectivity index (χ2v) is 3.99. The van der Waals surface area contributed by atoms with Crippen LogP contribution in [-0.2, 0) is 4.74 Å². The Bertz CT molecular complexity index is 198. The molecule has 0 amide bonds. The highest BCUT2D eigenvalue weighted by atomic mass is 16.5. The molecule has 0 aromatic rings. The zero-order valence-electron chi connectivity index (χ0n) is 8.04. The number of aliphatic hydroxyl groups excluding tert-OH is 1. The number of hydrogen-bond acceptors (Lipinski definition) is 2. The molecule has 2 rings (SSSR count). The summed E-state index contributed by atoms with van der Waals surface area (Å²) in [5, 5.41) is 8.70. The van der Waals surface area contributed by atoms with Gasteiger partial charge in [-0.1, -0.05) is 11.6 Å². The van der Waals surface area contributed by atoms with E-state index in [1.807, 2.05) is 0 Å². The molecule has 1 unspecified atom stereocenters. The van der Waals surface area contributed by atoms with Gasteiger partial charge >= 0.3 is 0 Å². The molecule has 1 saturated carbocycles. The van der Waals surface area contributed by atoms with E-state index < -0.39 is 0 Å². The van der Waals surface area contributed by atoms with Crippen LogP contribution in [0.4, 0.5) is 0 Å². The summed E-state index contributed by atoms with van der Waals surface area (Å²) in [5.41, 5.74) is 1.62. The van der Waals surface area contributed by atoms with E-state index in [1.54, 1.807) is 5.57 Å². The Kier molecular flexibility index (Phi) is 3.01. The maximum Gasteiger partial charge on any atom is 0.0701 e. The van der Waals surface area contributed by atoms with Crippen LogP contribution in [0.3, 0.4) is 0 Å². The van der Waals surface area contributed by atoms with Crippen LogP contribution in [0.1, 0.15) is 32.1 Å². The van der Waals surface area contributed by atoms with Gasteiger partial charge in [0.05, 0.1) is 19.3 Å². The van der Waals surface area contributed by atoms with Crippen molar-refractivity contribution >= 4 is 0 Å². The van der Waals surface area contributed by atoms with E-state index in [1.165, 1.54) is 25.7 Å². The number of aliphatic hydroxyl groups is 1. The summed E-state index contributed by atoms with van der Waals surface area (Å²) in [4.78, 5) is 0.